The molecule has 25 heavy (non-hydrogen) atoms. The molecule has 6 heteroatoms. The topological polar surface area (TPSA) is 49.9 Å². The molecule has 0 aromatic heterocycles. The van der Waals surface area contributed by atoms with E-state index in [1.165, 1.54) is 0 Å². The summed E-state index contributed by atoms with van der Waals surface area (Å²) in [6, 6.07) is 13.4. The fraction of sp³-hybridized carbons (Fsp3) is 0.368. The van der Waals surface area contributed by atoms with E-state index in [4.69, 9.17) is 4.74 Å². The molecule has 0 amide bonds. The van der Waals surface area contributed by atoms with Crippen LogP contribution in [0.3, 0.4) is 0 Å². The van der Waals surface area contributed by atoms with Crippen molar-refractivity contribution in [3.05, 3.63) is 53.6 Å². The van der Waals surface area contributed by atoms with E-state index < -0.39 is 10.0 Å². The van der Waals surface area contributed by atoms with Crippen molar-refractivity contribution in [2.24, 2.45) is 0 Å². The first kappa shape index (κ1) is 17.8. The molecule has 1 aliphatic rings. The lowest BCUT2D eigenvalue weighted by atomic mass is 10.2. The molecule has 5 nitrogen and oxygen atoms in total. The summed E-state index contributed by atoms with van der Waals surface area (Å²) >= 11 is 0. The number of rotatable bonds is 4. The Labute approximate surface area is 149 Å². The van der Waals surface area contributed by atoms with Crippen molar-refractivity contribution in [3.63, 3.8) is 0 Å². The Morgan fingerprint density at radius 2 is 1.56 bits per heavy atom. The summed E-state index contributed by atoms with van der Waals surface area (Å²) in [4.78, 5) is 2.61. The average Bonchev–Trinajstić information content (AvgIpc) is 2.61. The first-order valence-electron chi connectivity index (χ1n) is 8.38. The minimum Gasteiger partial charge on any atom is -0.497 e. The van der Waals surface area contributed by atoms with E-state index in [2.05, 4.69) is 4.90 Å². The lowest BCUT2D eigenvalue weighted by Gasteiger charge is -2.35. The minimum atomic E-state index is -3.44. The highest BCUT2D eigenvalue weighted by atomic mass is 32.2. The first-order valence-corrected chi connectivity index (χ1v) is 9.82. The number of hydrogen-bond donors (Lipinski definition) is 0. The number of methoxy groups -OCH3 is 1. The smallest absolute Gasteiger partial charge is 0.243 e. The number of piperazine rings is 1. The Balaban J connectivity index is 1.72. The predicted octanol–water partition coefficient (Wildman–Crippen LogP) is 2.82. The van der Waals surface area contributed by atoms with Crippen LogP contribution in [0, 0.1) is 13.8 Å². The molecule has 134 valence electrons. The molecule has 1 saturated heterocycles. The molecular formula is C19H24N2O3S. The van der Waals surface area contributed by atoms with Crippen LogP contribution in [0.15, 0.2) is 47.4 Å². The van der Waals surface area contributed by atoms with Gasteiger partial charge in [0.2, 0.25) is 10.0 Å². The van der Waals surface area contributed by atoms with Gasteiger partial charge in [0.25, 0.3) is 0 Å². The molecule has 0 bridgehead atoms. The Morgan fingerprint density at radius 1 is 0.920 bits per heavy atom. The third kappa shape index (κ3) is 3.65. The maximum Gasteiger partial charge on any atom is 0.243 e. The van der Waals surface area contributed by atoms with Gasteiger partial charge in [0.1, 0.15) is 5.75 Å². The number of benzene rings is 2. The summed E-state index contributed by atoms with van der Waals surface area (Å²) in [5, 5.41) is 0. The zero-order chi connectivity index (χ0) is 18.0. The molecule has 0 N–H and O–H groups in total. The van der Waals surface area contributed by atoms with Crippen LogP contribution in [0.5, 0.6) is 5.75 Å². The summed E-state index contributed by atoms with van der Waals surface area (Å²) in [7, 11) is -1.79. The molecule has 0 unspecified atom stereocenters. The van der Waals surface area contributed by atoms with E-state index in [9.17, 15) is 8.42 Å². The second-order valence-electron chi connectivity index (χ2n) is 6.36. The standard InChI is InChI=1S/C19H24N2O3S/c1-15-4-9-19(16(2)14-15)25(22,23)21-12-10-20(11-13-21)17-5-7-18(24-3)8-6-17/h4-9,14H,10-13H2,1-3H3. The van der Waals surface area contributed by atoms with Crippen molar-refractivity contribution in [2.45, 2.75) is 18.7 Å². The van der Waals surface area contributed by atoms with Crippen LogP contribution in [0.1, 0.15) is 11.1 Å². The maximum atomic E-state index is 12.9. The van der Waals surface area contributed by atoms with Crippen LogP contribution in [-0.2, 0) is 10.0 Å². The van der Waals surface area contributed by atoms with Gasteiger partial charge in [-0.15, -0.1) is 0 Å². The summed E-state index contributed by atoms with van der Waals surface area (Å²) in [5.74, 6) is 0.819. The molecule has 0 aliphatic carbocycles. The molecule has 3 rings (SSSR count). The van der Waals surface area contributed by atoms with Crippen molar-refractivity contribution in [1.29, 1.82) is 0 Å². The monoisotopic (exact) mass is 360 g/mol. The van der Waals surface area contributed by atoms with Crippen LogP contribution in [0.2, 0.25) is 0 Å². The molecule has 2 aromatic carbocycles. The van der Waals surface area contributed by atoms with E-state index >= 15 is 0 Å². The number of hydrogen-bond acceptors (Lipinski definition) is 4. The van der Waals surface area contributed by atoms with Gasteiger partial charge in [-0.3, -0.25) is 0 Å². The van der Waals surface area contributed by atoms with Gasteiger partial charge in [-0.05, 0) is 49.7 Å². The van der Waals surface area contributed by atoms with E-state index in [0.717, 1.165) is 22.6 Å². The van der Waals surface area contributed by atoms with Crippen molar-refractivity contribution >= 4 is 15.7 Å². The van der Waals surface area contributed by atoms with Crippen molar-refractivity contribution in [2.75, 3.05) is 38.2 Å². The Hall–Kier alpha value is -2.05. The van der Waals surface area contributed by atoms with Gasteiger partial charge >= 0.3 is 0 Å². The van der Waals surface area contributed by atoms with E-state index in [1.807, 2.05) is 50.2 Å². The van der Waals surface area contributed by atoms with Crippen LogP contribution in [0.25, 0.3) is 0 Å². The Morgan fingerprint density at radius 3 is 2.12 bits per heavy atom. The second-order valence-corrected chi connectivity index (χ2v) is 8.26. The molecule has 1 heterocycles. The fourth-order valence-corrected chi connectivity index (χ4v) is 4.84. The van der Waals surface area contributed by atoms with Crippen molar-refractivity contribution in [3.8, 4) is 5.75 Å². The fourth-order valence-electron chi connectivity index (χ4n) is 3.21. The van der Waals surface area contributed by atoms with Gasteiger partial charge in [-0.2, -0.15) is 4.31 Å². The third-order valence-electron chi connectivity index (χ3n) is 4.62. The quantitative estimate of drug-likeness (QED) is 0.841. The van der Waals surface area contributed by atoms with Gasteiger partial charge in [-0.1, -0.05) is 17.7 Å². The van der Waals surface area contributed by atoms with E-state index in [-0.39, 0.29) is 0 Å². The molecule has 0 saturated carbocycles. The normalized spacial score (nSPS) is 16.0. The molecule has 1 aliphatic heterocycles. The Kier molecular flexibility index (Phi) is 5.01. The third-order valence-corrected chi connectivity index (χ3v) is 6.68. The summed E-state index contributed by atoms with van der Waals surface area (Å²) in [6.07, 6.45) is 0. The van der Waals surface area contributed by atoms with Crippen LogP contribution in [-0.4, -0.2) is 46.0 Å². The van der Waals surface area contributed by atoms with Crippen LogP contribution >= 0.6 is 0 Å². The van der Waals surface area contributed by atoms with Gasteiger partial charge in [0, 0.05) is 31.9 Å². The average molecular weight is 360 g/mol. The highest BCUT2D eigenvalue weighted by molar-refractivity contribution is 7.89. The van der Waals surface area contributed by atoms with Crippen molar-refractivity contribution < 1.29 is 13.2 Å². The molecule has 1 fully saturated rings. The van der Waals surface area contributed by atoms with Gasteiger partial charge in [0.05, 0.1) is 12.0 Å². The van der Waals surface area contributed by atoms with Crippen LogP contribution in [0.4, 0.5) is 5.69 Å². The number of aryl methyl sites for hydroxylation is 2. The van der Waals surface area contributed by atoms with E-state index in [1.54, 1.807) is 17.5 Å². The number of sulfonamides is 1. The second kappa shape index (κ2) is 7.06. The minimum absolute atomic E-state index is 0.413. The van der Waals surface area contributed by atoms with Gasteiger partial charge < -0.3 is 9.64 Å². The summed E-state index contributed by atoms with van der Waals surface area (Å²) in [6.45, 7) is 6.15. The Bertz CT molecular complexity index is 839. The van der Waals surface area contributed by atoms with E-state index in [0.29, 0.717) is 31.1 Å². The molecule has 0 spiro atoms. The summed E-state index contributed by atoms with van der Waals surface area (Å²) < 4.78 is 32.6. The largest absolute Gasteiger partial charge is 0.497 e. The molecule has 0 radical (unpaired) electrons. The summed E-state index contributed by atoms with van der Waals surface area (Å²) in [5.41, 5.74) is 2.96. The van der Waals surface area contributed by atoms with Crippen molar-refractivity contribution in [1.82, 2.24) is 4.31 Å². The van der Waals surface area contributed by atoms with Crippen LogP contribution < -0.4 is 9.64 Å². The number of nitrogens with zero attached hydrogens (tertiary/aromatic N) is 2. The maximum absolute atomic E-state index is 12.9. The lowest BCUT2D eigenvalue weighted by molar-refractivity contribution is 0.384. The molecule has 2 aromatic rings. The molecular weight excluding hydrogens is 336 g/mol. The highest BCUT2D eigenvalue weighted by Gasteiger charge is 2.29. The lowest BCUT2D eigenvalue weighted by Crippen LogP contribution is -2.48. The number of anilines is 1. The first-order chi connectivity index (χ1) is 11.9. The zero-order valence-electron chi connectivity index (χ0n) is 14.9. The molecule has 0 atom stereocenters. The SMILES string of the molecule is COc1ccc(N2CCN(S(=O)(=O)c3ccc(C)cc3C)CC2)cc1. The predicted molar refractivity (Wildman–Crippen MR) is 99.9 cm³/mol. The van der Waals surface area contributed by atoms with Gasteiger partial charge in [-0.25, -0.2) is 8.42 Å². The zero-order valence-corrected chi connectivity index (χ0v) is 15.7. The number of ether oxygens (including phenoxy) is 1. The highest BCUT2D eigenvalue weighted by Crippen LogP contribution is 2.25. The van der Waals surface area contributed by atoms with Gasteiger partial charge in [0.15, 0.2) is 0 Å².